The summed E-state index contributed by atoms with van der Waals surface area (Å²) >= 11 is 6.98. The number of nitrogens with one attached hydrogen (secondary N) is 2. The predicted molar refractivity (Wildman–Crippen MR) is 118 cm³/mol. The number of hydrogen-bond donors (Lipinski definition) is 2. The summed E-state index contributed by atoms with van der Waals surface area (Å²) in [5, 5.41) is 16.2. The summed E-state index contributed by atoms with van der Waals surface area (Å²) in [4.78, 5) is 24.5. The van der Waals surface area contributed by atoms with Gasteiger partial charge in [-0.05, 0) is 48.9 Å². The Morgan fingerprint density at radius 2 is 1.97 bits per heavy atom. The quantitative estimate of drug-likeness (QED) is 0.662. The van der Waals surface area contributed by atoms with Gasteiger partial charge in [-0.2, -0.15) is 5.26 Å². The molecule has 0 unspecified atom stereocenters. The van der Waals surface area contributed by atoms with E-state index in [0.29, 0.717) is 27.9 Å². The van der Waals surface area contributed by atoms with Crippen LogP contribution in [0.3, 0.4) is 0 Å². The molecule has 1 heterocycles. The van der Waals surface area contributed by atoms with Crippen molar-refractivity contribution in [1.29, 1.82) is 5.26 Å². The molecule has 1 atom stereocenters. The molecule has 0 aromatic heterocycles. The van der Waals surface area contributed by atoms with Crippen molar-refractivity contribution in [2.24, 2.45) is 0 Å². The van der Waals surface area contributed by atoms with Crippen molar-refractivity contribution >= 4 is 40.9 Å². The van der Waals surface area contributed by atoms with Gasteiger partial charge in [-0.25, -0.2) is 0 Å². The zero-order valence-electron chi connectivity index (χ0n) is 16.3. The number of halogens is 1. The van der Waals surface area contributed by atoms with Crippen LogP contribution in [0.2, 0.25) is 5.02 Å². The molecule has 0 fully saturated rings. The lowest BCUT2D eigenvalue weighted by atomic mass is 9.87. The van der Waals surface area contributed by atoms with Crippen LogP contribution in [0.4, 0.5) is 5.69 Å². The van der Waals surface area contributed by atoms with Crippen LogP contribution in [0, 0.1) is 11.3 Å². The molecule has 2 aromatic carbocycles. The minimum atomic E-state index is -0.360. The number of allylic oxidation sites excluding steroid dienone is 1. The standard InChI is InChI=1S/C22H20ClN3O3S/c1-2-29-17-9-3-14(4-10-17)18-11-20(27)26-22(19(18)12-24)30-13-21(28)25-16-7-5-15(23)6-8-16/h3-10,18H,2,11,13H2,1H3,(H,25,28)(H,26,27)/t18-/m0/s1. The van der Waals surface area contributed by atoms with Crippen LogP contribution in [0.25, 0.3) is 0 Å². The van der Waals surface area contributed by atoms with Crippen LogP contribution in [-0.2, 0) is 9.59 Å². The molecule has 0 radical (unpaired) electrons. The molecule has 154 valence electrons. The highest BCUT2D eigenvalue weighted by atomic mass is 35.5. The SMILES string of the molecule is CCOc1ccc([C@@H]2CC(=O)NC(SCC(=O)Nc3ccc(Cl)cc3)=C2C#N)cc1. The molecular weight excluding hydrogens is 422 g/mol. The minimum absolute atomic E-state index is 0.0550. The molecule has 2 N–H and O–H groups in total. The van der Waals surface area contributed by atoms with E-state index in [2.05, 4.69) is 16.7 Å². The fraction of sp³-hybridized carbons (Fsp3) is 0.227. The zero-order valence-corrected chi connectivity index (χ0v) is 17.8. The average molecular weight is 442 g/mol. The van der Waals surface area contributed by atoms with E-state index < -0.39 is 0 Å². The first-order chi connectivity index (χ1) is 14.5. The summed E-state index contributed by atoms with van der Waals surface area (Å²) in [6, 6.07) is 16.4. The third kappa shape index (κ3) is 5.56. The van der Waals surface area contributed by atoms with Gasteiger partial charge in [0.2, 0.25) is 11.8 Å². The van der Waals surface area contributed by atoms with Gasteiger partial charge < -0.3 is 15.4 Å². The van der Waals surface area contributed by atoms with Crippen molar-refractivity contribution in [2.45, 2.75) is 19.3 Å². The van der Waals surface area contributed by atoms with Crippen LogP contribution in [0.5, 0.6) is 5.75 Å². The van der Waals surface area contributed by atoms with Crippen molar-refractivity contribution in [3.05, 3.63) is 69.7 Å². The van der Waals surface area contributed by atoms with Crippen LogP contribution in [0.1, 0.15) is 24.8 Å². The third-order valence-corrected chi connectivity index (χ3v) is 5.69. The van der Waals surface area contributed by atoms with Crippen LogP contribution in [0.15, 0.2) is 59.1 Å². The molecule has 6 nitrogen and oxygen atoms in total. The molecule has 0 saturated heterocycles. The number of thioether (sulfide) groups is 1. The Hall–Kier alpha value is -2.95. The number of carbonyl (C=O) groups excluding carboxylic acids is 2. The molecule has 2 amide bonds. The van der Waals surface area contributed by atoms with E-state index in [1.165, 1.54) is 0 Å². The second kappa shape index (κ2) is 10.2. The molecule has 30 heavy (non-hydrogen) atoms. The molecule has 1 aliphatic heterocycles. The number of nitrogens with zero attached hydrogens (tertiary/aromatic N) is 1. The Morgan fingerprint density at radius 1 is 1.27 bits per heavy atom. The molecule has 2 aromatic rings. The Labute approximate surface area is 184 Å². The molecule has 0 aliphatic carbocycles. The summed E-state index contributed by atoms with van der Waals surface area (Å²) in [5.41, 5.74) is 1.93. The van der Waals surface area contributed by atoms with Crippen LogP contribution < -0.4 is 15.4 Å². The molecule has 0 saturated carbocycles. The van der Waals surface area contributed by atoms with Crippen molar-refractivity contribution in [3.8, 4) is 11.8 Å². The van der Waals surface area contributed by atoms with Crippen LogP contribution >= 0.6 is 23.4 Å². The normalized spacial score (nSPS) is 15.9. The van der Waals surface area contributed by atoms with E-state index in [-0.39, 0.29) is 29.9 Å². The first-order valence-corrected chi connectivity index (χ1v) is 10.7. The average Bonchev–Trinajstić information content (AvgIpc) is 2.74. The van der Waals surface area contributed by atoms with E-state index in [9.17, 15) is 14.9 Å². The fourth-order valence-electron chi connectivity index (χ4n) is 3.05. The second-order valence-corrected chi connectivity index (χ2v) is 7.93. The van der Waals surface area contributed by atoms with E-state index in [0.717, 1.165) is 23.1 Å². The highest BCUT2D eigenvalue weighted by Gasteiger charge is 2.29. The number of amides is 2. The lowest BCUT2D eigenvalue weighted by molar-refractivity contribution is -0.121. The van der Waals surface area contributed by atoms with Crippen LogP contribution in [-0.4, -0.2) is 24.2 Å². The first-order valence-electron chi connectivity index (χ1n) is 9.35. The van der Waals surface area contributed by atoms with Crippen molar-refractivity contribution < 1.29 is 14.3 Å². The Balaban J connectivity index is 1.72. The summed E-state index contributed by atoms with van der Waals surface area (Å²) in [6.07, 6.45) is 0.178. The monoisotopic (exact) mass is 441 g/mol. The van der Waals surface area contributed by atoms with Crippen molar-refractivity contribution in [3.63, 3.8) is 0 Å². The summed E-state index contributed by atoms with van der Waals surface area (Å²) < 4.78 is 5.45. The maximum absolute atomic E-state index is 12.3. The Bertz CT molecular complexity index is 998. The van der Waals surface area contributed by atoms with Gasteiger partial charge >= 0.3 is 0 Å². The second-order valence-electron chi connectivity index (χ2n) is 6.51. The van der Waals surface area contributed by atoms with Crippen molar-refractivity contribution in [1.82, 2.24) is 5.32 Å². The first kappa shape index (κ1) is 21.8. The Kier molecular flexibility index (Phi) is 7.39. The number of benzene rings is 2. The van der Waals surface area contributed by atoms with Crippen molar-refractivity contribution in [2.75, 3.05) is 17.7 Å². The van der Waals surface area contributed by atoms with Gasteiger partial charge in [0.05, 0.1) is 29.0 Å². The number of carbonyl (C=O) groups is 2. The topological polar surface area (TPSA) is 91.2 Å². The van der Waals surface area contributed by atoms with E-state index in [4.69, 9.17) is 16.3 Å². The number of hydrogen-bond acceptors (Lipinski definition) is 5. The zero-order chi connectivity index (χ0) is 21.5. The maximum atomic E-state index is 12.3. The van der Waals surface area contributed by atoms with Gasteiger partial charge in [-0.3, -0.25) is 9.59 Å². The van der Waals surface area contributed by atoms with E-state index in [1.807, 2.05) is 31.2 Å². The molecule has 8 heteroatoms. The summed E-state index contributed by atoms with van der Waals surface area (Å²) in [6.45, 7) is 2.47. The van der Waals surface area contributed by atoms with E-state index in [1.54, 1.807) is 24.3 Å². The lowest BCUT2D eigenvalue weighted by Crippen LogP contribution is -2.31. The van der Waals surface area contributed by atoms with Gasteiger partial charge in [-0.1, -0.05) is 35.5 Å². The minimum Gasteiger partial charge on any atom is -0.494 e. The van der Waals surface area contributed by atoms with Gasteiger partial charge in [0, 0.05) is 23.0 Å². The molecule has 0 bridgehead atoms. The largest absolute Gasteiger partial charge is 0.494 e. The number of anilines is 1. The lowest BCUT2D eigenvalue weighted by Gasteiger charge is -2.25. The summed E-state index contributed by atoms with van der Waals surface area (Å²) in [5.74, 6) is -0.00357. The van der Waals surface area contributed by atoms with Gasteiger partial charge in [0.15, 0.2) is 0 Å². The van der Waals surface area contributed by atoms with Gasteiger partial charge in [0.1, 0.15) is 5.75 Å². The highest BCUT2D eigenvalue weighted by molar-refractivity contribution is 8.03. The number of ether oxygens (including phenoxy) is 1. The highest BCUT2D eigenvalue weighted by Crippen LogP contribution is 2.36. The summed E-state index contributed by atoms with van der Waals surface area (Å²) in [7, 11) is 0. The third-order valence-electron chi connectivity index (χ3n) is 4.43. The predicted octanol–water partition coefficient (Wildman–Crippen LogP) is 4.45. The molecule has 1 aliphatic rings. The smallest absolute Gasteiger partial charge is 0.234 e. The maximum Gasteiger partial charge on any atom is 0.234 e. The number of nitriles is 1. The molecular formula is C22H20ClN3O3S. The van der Waals surface area contributed by atoms with E-state index >= 15 is 0 Å². The molecule has 0 spiro atoms. The van der Waals surface area contributed by atoms with Gasteiger partial charge in [-0.15, -0.1) is 0 Å². The Morgan fingerprint density at radius 3 is 2.60 bits per heavy atom. The number of rotatable bonds is 7. The molecule has 3 rings (SSSR count). The fourth-order valence-corrected chi connectivity index (χ4v) is 4.05. The van der Waals surface area contributed by atoms with Gasteiger partial charge in [0.25, 0.3) is 0 Å².